The molecule has 26 heavy (non-hydrogen) atoms. The lowest BCUT2D eigenvalue weighted by Crippen LogP contribution is -2.18. The van der Waals surface area contributed by atoms with Crippen LogP contribution in [0.3, 0.4) is 0 Å². The summed E-state index contributed by atoms with van der Waals surface area (Å²) in [5, 5.41) is 0. The van der Waals surface area contributed by atoms with Crippen LogP contribution < -0.4 is 4.90 Å². The second kappa shape index (κ2) is 7.15. The van der Waals surface area contributed by atoms with Crippen molar-refractivity contribution in [2.75, 3.05) is 4.90 Å². The highest BCUT2D eigenvalue weighted by Crippen LogP contribution is 2.34. The fourth-order valence-electron chi connectivity index (χ4n) is 3.01. The van der Waals surface area contributed by atoms with Crippen LogP contribution in [0.4, 0.5) is 11.4 Å². The third-order valence-corrected chi connectivity index (χ3v) is 4.23. The van der Waals surface area contributed by atoms with Gasteiger partial charge in [-0.15, -0.1) is 0 Å². The van der Waals surface area contributed by atoms with Gasteiger partial charge in [-0.25, -0.2) is 0 Å². The van der Waals surface area contributed by atoms with Gasteiger partial charge in [-0.3, -0.25) is 15.0 Å². The molecule has 126 valence electrons. The fourth-order valence-corrected chi connectivity index (χ4v) is 3.01. The van der Waals surface area contributed by atoms with Gasteiger partial charge in [0.05, 0.1) is 29.5 Å². The summed E-state index contributed by atoms with van der Waals surface area (Å²) in [6.07, 6.45) is 11.9. The van der Waals surface area contributed by atoms with Crippen LogP contribution >= 0.6 is 0 Å². The van der Waals surface area contributed by atoms with Crippen molar-refractivity contribution >= 4 is 17.6 Å². The first kappa shape index (κ1) is 16.0. The summed E-state index contributed by atoms with van der Waals surface area (Å²) in [7, 11) is 0. The quantitative estimate of drug-likeness (QED) is 0.665. The largest absolute Gasteiger partial charge is 0.308 e. The van der Waals surface area contributed by atoms with Crippen molar-refractivity contribution in [1.29, 1.82) is 0 Å². The van der Waals surface area contributed by atoms with Crippen LogP contribution in [0.15, 0.2) is 96.7 Å². The molecule has 0 spiro atoms. The highest BCUT2D eigenvalue weighted by atomic mass is 15.2. The number of benzene rings is 1. The van der Waals surface area contributed by atoms with Gasteiger partial charge in [0.2, 0.25) is 0 Å². The summed E-state index contributed by atoms with van der Waals surface area (Å²) in [6.45, 7) is 4.22. The number of aliphatic imine (C=N–C) groups is 1. The highest BCUT2D eigenvalue weighted by molar-refractivity contribution is 5.90. The van der Waals surface area contributed by atoms with Gasteiger partial charge in [0.15, 0.2) is 0 Å². The maximum atomic E-state index is 4.46. The van der Waals surface area contributed by atoms with E-state index in [9.17, 15) is 0 Å². The van der Waals surface area contributed by atoms with Crippen molar-refractivity contribution in [2.45, 2.75) is 6.42 Å². The number of aromatic nitrogens is 2. The smallest absolute Gasteiger partial charge is 0.0702 e. The predicted octanol–water partition coefficient (Wildman–Crippen LogP) is 4.94. The van der Waals surface area contributed by atoms with Gasteiger partial charge < -0.3 is 4.90 Å². The van der Waals surface area contributed by atoms with Crippen molar-refractivity contribution in [3.63, 3.8) is 0 Å². The monoisotopic (exact) mass is 338 g/mol. The molecule has 0 bridgehead atoms. The van der Waals surface area contributed by atoms with Gasteiger partial charge in [-0.1, -0.05) is 30.9 Å². The molecule has 0 atom stereocenters. The first-order valence-electron chi connectivity index (χ1n) is 8.44. The van der Waals surface area contributed by atoms with Crippen molar-refractivity contribution in [1.82, 2.24) is 9.97 Å². The molecule has 0 fully saturated rings. The Balaban J connectivity index is 1.85. The zero-order valence-electron chi connectivity index (χ0n) is 14.3. The summed E-state index contributed by atoms with van der Waals surface area (Å²) in [4.78, 5) is 15.2. The summed E-state index contributed by atoms with van der Waals surface area (Å²) in [5.41, 5.74) is 5.95. The van der Waals surface area contributed by atoms with E-state index in [4.69, 9.17) is 0 Å². The van der Waals surface area contributed by atoms with E-state index in [1.807, 2.05) is 55.0 Å². The lowest BCUT2D eigenvalue weighted by Gasteiger charge is -2.27. The number of fused-ring (bicyclic) bond motifs is 1. The second-order valence-corrected chi connectivity index (χ2v) is 5.96. The minimum absolute atomic E-state index is 0.781. The molecule has 0 unspecified atom stereocenters. The summed E-state index contributed by atoms with van der Waals surface area (Å²) < 4.78 is 0. The normalized spacial score (nSPS) is 14.9. The number of pyridine rings is 2. The highest BCUT2D eigenvalue weighted by Gasteiger charge is 2.17. The second-order valence-electron chi connectivity index (χ2n) is 5.96. The van der Waals surface area contributed by atoms with E-state index in [1.165, 1.54) is 5.56 Å². The summed E-state index contributed by atoms with van der Waals surface area (Å²) in [5.74, 6) is 0. The van der Waals surface area contributed by atoms with Gasteiger partial charge in [0, 0.05) is 29.8 Å². The van der Waals surface area contributed by atoms with E-state index < -0.39 is 0 Å². The molecule has 3 heterocycles. The van der Waals surface area contributed by atoms with E-state index in [-0.39, 0.29) is 0 Å². The predicted molar refractivity (Wildman–Crippen MR) is 107 cm³/mol. The molecule has 1 aliphatic rings. The zero-order chi connectivity index (χ0) is 17.8. The molecule has 0 saturated heterocycles. The van der Waals surface area contributed by atoms with Crippen molar-refractivity contribution in [3.05, 3.63) is 97.2 Å². The standard InChI is InChI=1S/C22H18N4/c1-17-15-23-11-5-7-18-10-13-24-16-22(18)26(17)20-8-4-6-19(14-20)21-9-2-3-12-25-21/h2-6,8-16H,1,7H2/b11-5-,23-15?. The Morgan fingerprint density at radius 1 is 1.00 bits per heavy atom. The number of hydrogen-bond acceptors (Lipinski definition) is 4. The lowest BCUT2D eigenvalue weighted by atomic mass is 10.1. The molecule has 4 rings (SSSR count). The lowest BCUT2D eigenvalue weighted by molar-refractivity contribution is 1.14. The van der Waals surface area contributed by atoms with Crippen LogP contribution in [0.5, 0.6) is 0 Å². The average Bonchev–Trinajstić information content (AvgIpc) is 2.77. The number of allylic oxidation sites excluding steroid dienone is 2. The van der Waals surface area contributed by atoms with Gasteiger partial charge in [0.1, 0.15) is 0 Å². The van der Waals surface area contributed by atoms with E-state index >= 15 is 0 Å². The van der Waals surface area contributed by atoms with Crippen LogP contribution in [0, 0.1) is 0 Å². The molecule has 1 aliphatic heterocycles. The van der Waals surface area contributed by atoms with Crippen LogP contribution in [-0.2, 0) is 6.42 Å². The minimum atomic E-state index is 0.781. The Bertz CT molecular complexity index is 990. The molecule has 1 aromatic carbocycles. The maximum Gasteiger partial charge on any atom is 0.0702 e. The number of anilines is 2. The van der Waals surface area contributed by atoms with Gasteiger partial charge in [-0.2, -0.15) is 0 Å². The summed E-state index contributed by atoms with van der Waals surface area (Å²) >= 11 is 0. The van der Waals surface area contributed by atoms with E-state index in [0.717, 1.165) is 34.8 Å². The third-order valence-electron chi connectivity index (χ3n) is 4.23. The maximum absolute atomic E-state index is 4.46. The molecule has 3 aromatic rings. The molecule has 0 aliphatic carbocycles. The molecular formula is C22H18N4. The van der Waals surface area contributed by atoms with Gasteiger partial charge >= 0.3 is 0 Å². The van der Waals surface area contributed by atoms with Crippen LogP contribution in [0.2, 0.25) is 0 Å². The Morgan fingerprint density at radius 3 is 2.85 bits per heavy atom. The molecule has 4 heteroatoms. The Labute approximate surface area is 152 Å². The molecule has 4 nitrogen and oxygen atoms in total. The Morgan fingerprint density at radius 2 is 1.96 bits per heavy atom. The Kier molecular flexibility index (Phi) is 4.39. The van der Waals surface area contributed by atoms with E-state index in [0.29, 0.717) is 0 Å². The van der Waals surface area contributed by atoms with E-state index in [1.54, 1.807) is 12.4 Å². The molecular weight excluding hydrogens is 320 g/mol. The molecule has 0 radical (unpaired) electrons. The van der Waals surface area contributed by atoms with Crippen LogP contribution in [0.25, 0.3) is 11.3 Å². The third kappa shape index (κ3) is 3.17. The SMILES string of the molecule is C=C1C=N/C=C\Cc2ccncc2N1c1cccc(-c2ccccn2)c1. The molecule has 0 amide bonds. The van der Waals surface area contributed by atoms with Crippen molar-refractivity contribution < 1.29 is 0 Å². The zero-order valence-corrected chi connectivity index (χ0v) is 14.3. The fraction of sp³-hybridized carbons (Fsp3) is 0.0455. The van der Waals surface area contributed by atoms with Crippen LogP contribution in [0.1, 0.15) is 5.56 Å². The first-order chi connectivity index (χ1) is 12.8. The van der Waals surface area contributed by atoms with Gasteiger partial charge in [0.25, 0.3) is 0 Å². The number of nitrogens with zero attached hydrogens (tertiary/aromatic N) is 4. The first-order valence-corrected chi connectivity index (χ1v) is 8.44. The molecule has 0 saturated carbocycles. The molecule has 0 N–H and O–H groups in total. The molecule has 2 aromatic heterocycles. The summed E-state index contributed by atoms with van der Waals surface area (Å²) in [6, 6.07) is 16.2. The van der Waals surface area contributed by atoms with Gasteiger partial charge in [-0.05, 0) is 42.3 Å². The van der Waals surface area contributed by atoms with Crippen LogP contribution in [-0.4, -0.2) is 16.2 Å². The number of hydrogen-bond donors (Lipinski definition) is 0. The van der Waals surface area contributed by atoms with Crippen molar-refractivity contribution in [3.8, 4) is 11.3 Å². The van der Waals surface area contributed by atoms with Crippen molar-refractivity contribution in [2.24, 2.45) is 4.99 Å². The average molecular weight is 338 g/mol. The Hall–Kier alpha value is -3.53. The minimum Gasteiger partial charge on any atom is -0.308 e. The number of rotatable bonds is 2. The van der Waals surface area contributed by atoms with E-state index in [2.05, 4.69) is 44.6 Å². The topological polar surface area (TPSA) is 41.4 Å².